The molecule has 2 aromatic rings. The van der Waals surface area contributed by atoms with Crippen molar-refractivity contribution in [2.75, 3.05) is 19.0 Å². The smallest absolute Gasteiger partial charge is 0.261 e. The first-order chi connectivity index (χ1) is 13.6. The maximum Gasteiger partial charge on any atom is 0.261 e. The van der Waals surface area contributed by atoms with Crippen molar-refractivity contribution >= 4 is 11.6 Å². The Morgan fingerprint density at radius 1 is 1.10 bits per heavy atom. The van der Waals surface area contributed by atoms with Crippen LogP contribution in [0.5, 0.6) is 0 Å². The second kappa shape index (κ2) is 9.35. The van der Waals surface area contributed by atoms with Crippen molar-refractivity contribution in [3.8, 4) is 0 Å². The molecule has 1 aromatic heterocycles. The van der Waals surface area contributed by atoms with Crippen molar-refractivity contribution in [2.24, 2.45) is 0 Å². The van der Waals surface area contributed by atoms with Crippen LogP contribution in [-0.4, -0.2) is 24.2 Å². The lowest BCUT2D eigenvalue weighted by Crippen LogP contribution is -2.31. The van der Waals surface area contributed by atoms with Crippen molar-refractivity contribution in [3.63, 3.8) is 0 Å². The van der Waals surface area contributed by atoms with Gasteiger partial charge < -0.3 is 14.6 Å². The standard InChI is InChI=1S/C23H31FN2O3/c1-13(2)17-9-8-10-18(14(3)4)21(17)25-23(28)19-15(5)26(11-12-29-7)16(6)20(24)22(19)27/h8-10,13-14H,11-12H2,1-7H3,(H,25,28). The van der Waals surface area contributed by atoms with E-state index in [0.717, 1.165) is 11.1 Å². The Bertz CT molecular complexity index is 935. The molecule has 1 amide bonds. The molecule has 0 aliphatic carbocycles. The molecule has 2 rings (SSSR count). The number of benzene rings is 1. The van der Waals surface area contributed by atoms with Crippen LogP contribution in [-0.2, 0) is 11.3 Å². The van der Waals surface area contributed by atoms with Crippen LogP contribution >= 0.6 is 0 Å². The van der Waals surface area contributed by atoms with Crippen molar-refractivity contribution in [1.29, 1.82) is 0 Å². The highest BCUT2D eigenvalue weighted by Gasteiger charge is 2.24. The number of pyridine rings is 1. The first-order valence-electron chi connectivity index (χ1n) is 9.94. The number of hydrogen-bond acceptors (Lipinski definition) is 3. The van der Waals surface area contributed by atoms with Gasteiger partial charge in [-0.25, -0.2) is 4.39 Å². The van der Waals surface area contributed by atoms with E-state index in [1.165, 1.54) is 6.92 Å². The van der Waals surface area contributed by atoms with Crippen LogP contribution in [0, 0.1) is 19.7 Å². The van der Waals surface area contributed by atoms with E-state index < -0.39 is 17.2 Å². The average molecular weight is 403 g/mol. The van der Waals surface area contributed by atoms with Gasteiger partial charge in [0.2, 0.25) is 5.43 Å². The van der Waals surface area contributed by atoms with Crippen molar-refractivity contribution in [2.45, 2.75) is 59.9 Å². The quantitative estimate of drug-likeness (QED) is 0.727. The van der Waals surface area contributed by atoms with Gasteiger partial charge in [0, 0.05) is 25.0 Å². The number of carbonyl (C=O) groups excluding carboxylic acids is 1. The number of carbonyl (C=O) groups is 1. The van der Waals surface area contributed by atoms with Crippen molar-refractivity contribution in [1.82, 2.24) is 4.57 Å². The second-order valence-corrected chi connectivity index (χ2v) is 7.91. The highest BCUT2D eigenvalue weighted by molar-refractivity contribution is 6.06. The third kappa shape index (κ3) is 4.58. The molecule has 1 heterocycles. The van der Waals surface area contributed by atoms with E-state index in [2.05, 4.69) is 5.32 Å². The third-order valence-electron chi connectivity index (χ3n) is 5.27. The van der Waals surface area contributed by atoms with Gasteiger partial charge in [-0.15, -0.1) is 0 Å². The summed E-state index contributed by atoms with van der Waals surface area (Å²) in [5.74, 6) is -1.14. The molecule has 6 heteroatoms. The Balaban J connectivity index is 2.61. The maximum atomic E-state index is 14.6. The van der Waals surface area contributed by atoms with Crippen LogP contribution in [0.2, 0.25) is 0 Å². The lowest BCUT2D eigenvalue weighted by atomic mass is 9.92. The molecule has 0 saturated carbocycles. The van der Waals surface area contributed by atoms with Gasteiger partial charge in [-0.1, -0.05) is 45.9 Å². The third-order valence-corrected chi connectivity index (χ3v) is 5.27. The molecule has 0 aliphatic heterocycles. The predicted molar refractivity (Wildman–Crippen MR) is 115 cm³/mol. The summed E-state index contributed by atoms with van der Waals surface area (Å²) in [5.41, 5.74) is 2.25. The van der Waals surface area contributed by atoms with Crippen molar-refractivity contribution in [3.05, 3.63) is 62.3 Å². The molecule has 158 valence electrons. The van der Waals surface area contributed by atoms with E-state index in [0.29, 0.717) is 24.5 Å². The number of amides is 1. The predicted octanol–water partition coefficient (Wildman–Crippen LogP) is 4.75. The molecule has 0 aliphatic rings. The van der Waals surface area contributed by atoms with Gasteiger partial charge >= 0.3 is 0 Å². The number of aromatic nitrogens is 1. The monoisotopic (exact) mass is 402 g/mol. The Morgan fingerprint density at radius 2 is 1.66 bits per heavy atom. The van der Waals surface area contributed by atoms with Crippen LogP contribution < -0.4 is 10.7 Å². The van der Waals surface area contributed by atoms with Gasteiger partial charge in [0.1, 0.15) is 5.56 Å². The lowest BCUT2D eigenvalue weighted by Gasteiger charge is -2.22. The summed E-state index contributed by atoms with van der Waals surface area (Å²) in [6, 6.07) is 5.89. The van der Waals surface area contributed by atoms with Gasteiger partial charge in [-0.3, -0.25) is 9.59 Å². The normalized spacial score (nSPS) is 11.4. The zero-order valence-corrected chi connectivity index (χ0v) is 18.4. The number of methoxy groups -OCH3 is 1. The zero-order valence-electron chi connectivity index (χ0n) is 18.4. The van der Waals surface area contributed by atoms with Crippen LogP contribution in [0.3, 0.4) is 0 Å². The summed E-state index contributed by atoms with van der Waals surface area (Å²) in [7, 11) is 1.55. The minimum absolute atomic E-state index is 0.169. The molecule has 0 fully saturated rings. The van der Waals surface area contributed by atoms with Gasteiger partial charge in [-0.05, 0) is 36.8 Å². The fraction of sp³-hybridized carbons (Fsp3) is 0.478. The second-order valence-electron chi connectivity index (χ2n) is 7.91. The number of halogens is 1. The van der Waals surface area contributed by atoms with Gasteiger partial charge in [0.25, 0.3) is 5.91 Å². The molecule has 1 N–H and O–H groups in total. The number of anilines is 1. The number of ether oxygens (including phenoxy) is 1. The van der Waals surface area contributed by atoms with Crippen molar-refractivity contribution < 1.29 is 13.9 Å². The molecule has 0 radical (unpaired) electrons. The van der Waals surface area contributed by atoms with E-state index in [4.69, 9.17) is 4.74 Å². The highest BCUT2D eigenvalue weighted by Crippen LogP contribution is 2.32. The minimum Gasteiger partial charge on any atom is -0.383 e. The summed E-state index contributed by atoms with van der Waals surface area (Å²) in [4.78, 5) is 25.8. The number of rotatable bonds is 7. The SMILES string of the molecule is COCCn1c(C)c(F)c(=O)c(C(=O)Nc2c(C(C)C)cccc2C(C)C)c1C. The molecule has 0 bridgehead atoms. The fourth-order valence-corrected chi connectivity index (χ4v) is 3.60. The van der Waals surface area contributed by atoms with E-state index in [-0.39, 0.29) is 23.1 Å². The van der Waals surface area contributed by atoms with E-state index in [1.54, 1.807) is 18.6 Å². The van der Waals surface area contributed by atoms with E-state index in [1.807, 2.05) is 45.9 Å². The molecule has 29 heavy (non-hydrogen) atoms. The Morgan fingerprint density at radius 3 is 2.14 bits per heavy atom. The number of hydrogen-bond donors (Lipinski definition) is 1. The van der Waals surface area contributed by atoms with Crippen LogP contribution in [0.15, 0.2) is 23.0 Å². The first-order valence-corrected chi connectivity index (χ1v) is 9.94. The van der Waals surface area contributed by atoms with E-state index in [9.17, 15) is 14.0 Å². The molecule has 0 spiro atoms. The summed E-state index contributed by atoms with van der Waals surface area (Å²) in [6.07, 6.45) is 0. The van der Waals surface area contributed by atoms with Gasteiger partial charge in [-0.2, -0.15) is 0 Å². The zero-order chi connectivity index (χ0) is 21.9. The topological polar surface area (TPSA) is 60.3 Å². The molecule has 5 nitrogen and oxygen atoms in total. The Kier molecular flexibility index (Phi) is 7.36. The number of nitrogens with zero attached hydrogens (tertiary/aromatic N) is 1. The summed E-state index contributed by atoms with van der Waals surface area (Å²) in [5, 5.41) is 2.92. The molecule has 0 atom stereocenters. The molecule has 0 unspecified atom stereocenters. The average Bonchev–Trinajstić information content (AvgIpc) is 2.66. The number of para-hydroxylation sites is 1. The molecular formula is C23H31FN2O3. The Hall–Kier alpha value is -2.47. The minimum atomic E-state index is -0.905. The summed E-state index contributed by atoms with van der Waals surface area (Å²) < 4.78 is 21.3. The summed E-state index contributed by atoms with van der Waals surface area (Å²) >= 11 is 0. The van der Waals surface area contributed by atoms with Gasteiger partial charge in [0.05, 0.1) is 12.3 Å². The molecular weight excluding hydrogens is 371 g/mol. The molecule has 1 aromatic carbocycles. The lowest BCUT2D eigenvalue weighted by molar-refractivity contribution is 0.102. The first kappa shape index (κ1) is 22.8. The fourth-order valence-electron chi connectivity index (χ4n) is 3.60. The molecule has 0 saturated heterocycles. The summed E-state index contributed by atoms with van der Waals surface area (Å²) in [6.45, 7) is 12.1. The van der Waals surface area contributed by atoms with Crippen LogP contribution in [0.1, 0.15) is 72.4 Å². The highest BCUT2D eigenvalue weighted by atomic mass is 19.1. The Labute approximate surface area is 171 Å². The maximum absolute atomic E-state index is 14.6. The van der Waals surface area contributed by atoms with Crippen LogP contribution in [0.4, 0.5) is 10.1 Å². The van der Waals surface area contributed by atoms with E-state index >= 15 is 0 Å². The van der Waals surface area contributed by atoms with Crippen LogP contribution in [0.25, 0.3) is 0 Å². The van der Waals surface area contributed by atoms with Gasteiger partial charge in [0.15, 0.2) is 5.82 Å². The number of nitrogens with one attached hydrogen (secondary N) is 1. The largest absolute Gasteiger partial charge is 0.383 e.